The predicted octanol–water partition coefficient (Wildman–Crippen LogP) is 11.5. The van der Waals surface area contributed by atoms with Gasteiger partial charge in [0.1, 0.15) is 44.4 Å². The Morgan fingerprint density at radius 3 is 0.830 bits per heavy atom. The molecule has 6 aromatic rings. The summed E-state index contributed by atoms with van der Waals surface area (Å²) in [4.78, 5) is 0. The number of hydrogen-bond acceptors (Lipinski definition) is 2. The van der Waals surface area contributed by atoms with Gasteiger partial charge < -0.3 is 0 Å². The van der Waals surface area contributed by atoms with Crippen LogP contribution in [0.3, 0.4) is 0 Å². The van der Waals surface area contributed by atoms with Crippen molar-refractivity contribution in [3.05, 3.63) is 213 Å². The molecule has 272 valence electrons. The first-order valence-electron chi connectivity index (χ1n) is 17.0. The van der Waals surface area contributed by atoms with Crippen LogP contribution in [0.2, 0.25) is 0 Å². The Kier molecular flexibility index (Phi) is 10.2. The van der Waals surface area contributed by atoms with Gasteiger partial charge in [-0.05, 0) is 129 Å². The van der Waals surface area contributed by atoms with Gasteiger partial charge in [0, 0.05) is 0 Å². The first kappa shape index (κ1) is 37.6. The first-order chi connectivity index (χ1) is 25.1. The van der Waals surface area contributed by atoms with E-state index in [4.69, 9.17) is 0 Å². The van der Waals surface area contributed by atoms with E-state index in [1.807, 2.05) is 0 Å². The summed E-state index contributed by atoms with van der Waals surface area (Å²) in [5.74, 6) is -4.97. The van der Waals surface area contributed by atoms with Gasteiger partial charge >= 0.3 is 0 Å². The molecule has 9 heteroatoms. The highest BCUT2D eigenvalue weighted by Crippen LogP contribution is 2.58. The summed E-state index contributed by atoms with van der Waals surface area (Å²) in [6.45, 7) is 7.04. The topological polar surface area (TPSA) is 34.1 Å². The second kappa shape index (κ2) is 14.3. The van der Waals surface area contributed by atoms with Crippen molar-refractivity contribution in [2.24, 2.45) is 0 Å². The Bertz CT molecular complexity index is 2100. The molecule has 0 atom stereocenters. The maximum absolute atomic E-state index is 17.2. The Morgan fingerprint density at radius 1 is 0.377 bits per heavy atom. The van der Waals surface area contributed by atoms with Gasteiger partial charge in [-0.2, -0.15) is 0 Å². The highest BCUT2D eigenvalue weighted by molar-refractivity contribution is 7.94. The molecule has 0 aromatic heterocycles. The average Bonchev–Trinajstić information content (AvgIpc) is 3.12. The molecule has 0 N–H and O–H groups in total. The summed E-state index contributed by atoms with van der Waals surface area (Å²) < 4.78 is 119. The van der Waals surface area contributed by atoms with E-state index in [0.29, 0.717) is 0 Å². The van der Waals surface area contributed by atoms with Crippen LogP contribution in [0.1, 0.15) is 84.0 Å². The summed E-state index contributed by atoms with van der Waals surface area (Å²) in [5, 5.41) is 0. The van der Waals surface area contributed by atoms with Crippen LogP contribution in [-0.4, -0.2) is 8.42 Å². The van der Waals surface area contributed by atoms with Crippen molar-refractivity contribution in [2.75, 3.05) is 0 Å². The van der Waals surface area contributed by atoms with E-state index in [1.54, 1.807) is 27.7 Å². The molecule has 0 fully saturated rings. The van der Waals surface area contributed by atoms with Crippen molar-refractivity contribution in [1.29, 1.82) is 0 Å². The highest BCUT2D eigenvalue weighted by Gasteiger charge is 2.62. The fourth-order valence-electron chi connectivity index (χ4n) is 7.50. The van der Waals surface area contributed by atoms with Gasteiger partial charge in [0.05, 0.1) is 0 Å². The third-order valence-corrected chi connectivity index (χ3v) is 12.8. The van der Waals surface area contributed by atoms with Gasteiger partial charge in [0.2, 0.25) is 0 Å². The van der Waals surface area contributed by atoms with E-state index in [-0.39, 0.29) is 44.5 Å². The number of benzene rings is 6. The smallest absolute Gasteiger partial charge is 0.186 e. The lowest BCUT2D eigenvalue weighted by atomic mass is 9.78. The lowest BCUT2D eigenvalue weighted by Gasteiger charge is -2.47. The number of rotatable bonds is 10. The largest absolute Gasteiger partial charge is 0.226 e. The maximum atomic E-state index is 17.2. The number of halogens is 6. The van der Waals surface area contributed by atoms with Crippen LogP contribution >= 0.6 is 0 Å². The molecule has 0 aliphatic carbocycles. The van der Waals surface area contributed by atoms with Crippen LogP contribution in [0, 0.1) is 34.9 Å². The zero-order valence-corrected chi connectivity index (χ0v) is 30.2. The van der Waals surface area contributed by atoms with Gasteiger partial charge in [-0.3, -0.25) is 0 Å². The Morgan fingerprint density at radius 2 is 0.604 bits per heavy atom. The van der Waals surface area contributed by atoms with E-state index < -0.39 is 66.1 Å². The highest BCUT2D eigenvalue weighted by atomic mass is 32.2. The molecule has 53 heavy (non-hydrogen) atoms. The summed E-state index contributed by atoms with van der Waals surface area (Å²) in [6, 6.07) is 26.6. The molecular weight excluding hydrogens is 707 g/mol. The fourth-order valence-corrected chi connectivity index (χ4v) is 10.7. The van der Waals surface area contributed by atoms with Gasteiger partial charge in [-0.15, -0.1) is 0 Å². The fraction of sp³-hybridized carbons (Fsp3) is 0.182. The van der Waals surface area contributed by atoms with Crippen molar-refractivity contribution in [2.45, 2.75) is 49.0 Å². The SMILES string of the molecule is CC(C)c1cc(F)ccc1C(c1ccc(F)cc1)(c1ccc(F)cc1)S(=O)(=O)C(c1ccc(F)cc1)(c1ccc(F)cc1)c1ccc(F)cc1C(C)C. The van der Waals surface area contributed by atoms with E-state index >= 15 is 17.2 Å². The van der Waals surface area contributed by atoms with Crippen LogP contribution in [0.5, 0.6) is 0 Å². The summed E-state index contributed by atoms with van der Waals surface area (Å²) in [5.41, 5.74) is 0.765. The van der Waals surface area contributed by atoms with Crippen LogP contribution in [0.4, 0.5) is 26.3 Å². The van der Waals surface area contributed by atoms with Crippen LogP contribution < -0.4 is 0 Å². The third kappa shape index (κ3) is 6.24. The lowest BCUT2D eigenvalue weighted by molar-refractivity contribution is 0.540. The third-order valence-electron chi connectivity index (χ3n) is 9.84. The van der Waals surface area contributed by atoms with Crippen molar-refractivity contribution >= 4 is 9.84 Å². The molecular formula is C44H36F6O2S. The zero-order valence-electron chi connectivity index (χ0n) is 29.3. The van der Waals surface area contributed by atoms with Crippen molar-refractivity contribution < 1.29 is 34.8 Å². The van der Waals surface area contributed by atoms with E-state index in [2.05, 4.69) is 0 Å². The zero-order chi connectivity index (χ0) is 38.3. The minimum atomic E-state index is -5.23. The van der Waals surface area contributed by atoms with Gasteiger partial charge in [-0.25, -0.2) is 34.8 Å². The second-order valence-electron chi connectivity index (χ2n) is 13.7. The Labute approximate surface area is 305 Å². The van der Waals surface area contributed by atoms with Crippen LogP contribution in [0.15, 0.2) is 133 Å². The minimum absolute atomic E-state index is 0.0147. The lowest BCUT2D eigenvalue weighted by Crippen LogP contribution is -2.52. The molecule has 0 saturated heterocycles. The summed E-state index contributed by atoms with van der Waals surface area (Å²) in [6.07, 6.45) is 0. The molecule has 0 heterocycles. The molecule has 0 aliphatic rings. The van der Waals surface area contributed by atoms with Gasteiger partial charge in [0.25, 0.3) is 0 Å². The van der Waals surface area contributed by atoms with E-state index in [9.17, 15) is 17.6 Å². The summed E-state index contributed by atoms with van der Waals surface area (Å²) >= 11 is 0. The van der Waals surface area contributed by atoms with Crippen molar-refractivity contribution in [1.82, 2.24) is 0 Å². The van der Waals surface area contributed by atoms with Gasteiger partial charge in [0.15, 0.2) is 9.84 Å². The number of hydrogen-bond donors (Lipinski definition) is 0. The normalized spacial score (nSPS) is 12.5. The molecule has 6 rings (SSSR count). The molecule has 0 amide bonds. The first-order valence-corrected chi connectivity index (χ1v) is 18.5. The molecule has 0 unspecified atom stereocenters. The van der Waals surface area contributed by atoms with Gasteiger partial charge in [-0.1, -0.05) is 88.4 Å². The van der Waals surface area contributed by atoms with Crippen molar-refractivity contribution in [3.63, 3.8) is 0 Å². The maximum Gasteiger partial charge on any atom is 0.186 e. The van der Waals surface area contributed by atoms with E-state index in [0.717, 1.165) is 60.7 Å². The van der Waals surface area contributed by atoms with Crippen LogP contribution in [-0.2, 0) is 19.3 Å². The van der Waals surface area contributed by atoms with E-state index in [1.165, 1.54) is 72.8 Å². The average molecular weight is 743 g/mol. The molecule has 0 aliphatic heterocycles. The molecule has 0 bridgehead atoms. The molecule has 6 aromatic carbocycles. The predicted molar refractivity (Wildman–Crippen MR) is 195 cm³/mol. The Balaban J connectivity index is 1.99. The Hall–Kier alpha value is -5.15. The van der Waals surface area contributed by atoms with Crippen LogP contribution in [0.25, 0.3) is 0 Å². The molecule has 0 spiro atoms. The molecule has 0 radical (unpaired) electrons. The summed E-state index contributed by atoms with van der Waals surface area (Å²) in [7, 11) is -5.23. The molecule has 2 nitrogen and oxygen atoms in total. The standard InChI is InChI=1S/C44H36F6O2S/c1-27(2)39-25-37(49)21-23-41(39)43(29-5-13-33(45)14-6-29,30-7-15-34(46)16-8-30)53(51,52)44(31-9-17-35(47)18-10-31,32-11-19-36(48)20-12-32)42-24-22-38(50)26-40(42)28(3)4/h5-28H,1-4H3. The quantitative estimate of drug-likeness (QED) is 0.103. The van der Waals surface area contributed by atoms with Crippen molar-refractivity contribution in [3.8, 4) is 0 Å². The molecule has 0 saturated carbocycles. The second-order valence-corrected chi connectivity index (χ2v) is 15.9. The monoisotopic (exact) mass is 742 g/mol. The number of sulfone groups is 1. The minimum Gasteiger partial charge on any atom is -0.226 e.